The van der Waals surface area contributed by atoms with Crippen molar-refractivity contribution in [1.82, 2.24) is 14.8 Å². The van der Waals surface area contributed by atoms with Gasteiger partial charge < -0.3 is 10.0 Å². The maximum atomic E-state index is 12.0. The van der Waals surface area contributed by atoms with Crippen LogP contribution in [0.2, 0.25) is 0 Å². The minimum atomic E-state index is -0.397. The van der Waals surface area contributed by atoms with E-state index in [9.17, 15) is 9.90 Å². The molecule has 1 aromatic carbocycles. The van der Waals surface area contributed by atoms with Crippen LogP contribution < -0.4 is 10.3 Å². The summed E-state index contributed by atoms with van der Waals surface area (Å²) < 4.78 is 1.78. The number of carbonyl (C=O) groups excluding carboxylic acids is 1. The van der Waals surface area contributed by atoms with Gasteiger partial charge in [-0.2, -0.15) is 5.10 Å². The molecule has 3 aromatic rings. The first-order valence-electron chi connectivity index (χ1n) is 7.96. The van der Waals surface area contributed by atoms with Gasteiger partial charge in [-0.15, -0.1) is 11.3 Å². The van der Waals surface area contributed by atoms with Gasteiger partial charge in [0.05, 0.1) is 6.21 Å². The number of hydrogen-bond acceptors (Lipinski definition) is 6. The van der Waals surface area contributed by atoms with E-state index < -0.39 is 5.91 Å². The number of hydrazone groups is 1. The number of carbonyl (C=O) groups is 1. The Labute approximate surface area is 149 Å². The summed E-state index contributed by atoms with van der Waals surface area (Å²) in [4.78, 5) is 19.1. The molecule has 0 aliphatic carbocycles. The molecule has 0 saturated carbocycles. The van der Waals surface area contributed by atoms with Crippen LogP contribution in [0, 0.1) is 0 Å². The summed E-state index contributed by atoms with van der Waals surface area (Å²) in [5, 5.41) is 15.9. The van der Waals surface area contributed by atoms with Crippen molar-refractivity contribution in [2.24, 2.45) is 5.10 Å². The lowest BCUT2D eigenvalue weighted by Crippen LogP contribution is -2.21. The maximum absolute atomic E-state index is 12.0. The maximum Gasteiger partial charge on any atom is 0.291 e. The second kappa shape index (κ2) is 7.35. The predicted octanol–water partition coefficient (Wildman–Crippen LogP) is 2.71. The Bertz CT molecular complexity index is 882. The summed E-state index contributed by atoms with van der Waals surface area (Å²) in [5.74, 6) is -0.281. The number of amides is 1. The fourth-order valence-electron chi connectivity index (χ4n) is 2.48. The van der Waals surface area contributed by atoms with Crippen LogP contribution in [-0.4, -0.2) is 39.7 Å². The molecule has 0 spiro atoms. The molecule has 0 aliphatic heterocycles. The lowest BCUT2D eigenvalue weighted by atomic mass is 10.2. The van der Waals surface area contributed by atoms with Gasteiger partial charge in [-0.25, -0.2) is 10.4 Å². The molecule has 2 N–H and O–H groups in total. The van der Waals surface area contributed by atoms with E-state index in [1.54, 1.807) is 22.7 Å². The van der Waals surface area contributed by atoms with E-state index in [1.807, 2.05) is 17.6 Å². The third-order valence-electron chi connectivity index (χ3n) is 3.84. The zero-order valence-corrected chi connectivity index (χ0v) is 14.8. The number of aromatic hydroxyl groups is 1. The molecular formula is C17H19N5O2S. The number of rotatable bonds is 6. The summed E-state index contributed by atoms with van der Waals surface area (Å²) in [5.41, 5.74) is 4.20. The summed E-state index contributed by atoms with van der Waals surface area (Å²) in [7, 11) is 0. The van der Waals surface area contributed by atoms with E-state index in [4.69, 9.17) is 0 Å². The third-order valence-corrected chi connectivity index (χ3v) is 4.61. The van der Waals surface area contributed by atoms with Crippen molar-refractivity contribution in [3.63, 3.8) is 0 Å². The number of benzene rings is 1. The Balaban J connectivity index is 1.67. The van der Waals surface area contributed by atoms with Gasteiger partial charge in [0.25, 0.3) is 5.91 Å². The largest absolute Gasteiger partial charge is 0.507 e. The molecule has 130 valence electrons. The zero-order chi connectivity index (χ0) is 17.8. The number of phenolic OH excluding ortho intramolecular Hbond substituents is 1. The van der Waals surface area contributed by atoms with Crippen molar-refractivity contribution >= 4 is 34.1 Å². The van der Waals surface area contributed by atoms with Crippen molar-refractivity contribution in [2.75, 3.05) is 18.0 Å². The number of nitrogens with zero attached hydrogens (tertiary/aromatic N) is 4. The molecule has 7 nitrogen and oxygen atoms in total. The molecule has 0 fully saturated rings. The molecule has 25 heavy (non-hydrogen) atoms. The first-order chi connectivity index (χ1) is 12.1. The molecule has 0 atom stereocenters. The summed E-state index contributed by atoms with van der Waals surface area (Å²) in [6.07, 6.45) is 4.90. The van der Waals surface area contributed by atoms with Crippen LogP contribution in [0.1, 0.15) is 29.9 Å². The second-order valence-corrected chi connectivity index (χ2v) is 6.21. The van der Waals surface area contributed by atoms with E-state index in [0.717, 1.165) is 23.7 Å². The van der Waals surface area contributed by atoms with Gasteiger partial charge >= 0.3 is 0 Å². The summed E-state index contributed by atoms with van der Waals surface area (Å²) in [6, 6.07) is 5.38. The first kappa shape index (κ1) is 17.0. The number of thiazole rings is 1. The molecular weight excluding hydrogens is 338 g/mol. The number of imidazole rings is 1. The van der Waals surface area contributed by atoms with Crippen molar-refractivity contribution in [3.05, 3.63) is 47.2 Å². The monoisotopic (exact) mass is 357 g/mol. The van der Waals surface area contributed by atoms with Crippen LogP contribution in [-0.2, 0) is 0 Å². The number of fused-ring (bicyclic) bond motifs is 1. The molecule has 0 saturated heterocycles. The normalized spacial score (nSPS) is 11.3. The van der Waals surface area contributed by atoms with Crippen molar-refractivity contribution in [2.45, 2.75) is 13.8 Å². The highest BCUT2D eigenvalue weighted by molar-refractivity contribution is 7.15. The van der Waals surface area contributed by atoms with Crippen molar-refractivity contribution < 1.29 is 9.90 Å². The highest BCUT2D eigenvalue weighted by atomic mass is 32.1. The Morgan fingerprint density at radius 3 is 2.92 bits per heavy atom. The number of anilines is 1. The number of hydrogen-bond donors (Lipinski definition) is 2. The average Bonchev–Trinajstić information content (AvgIpc) is 3.19. The zero-order valence-electron chi connectivity index (χ0n) is 14.0. The van der Waals surface area contributed by atoms with E-state index >= 15 is 0 Å². The summed E-state index contributed by atoms with van der Waals surface area (Å²) >= 11 is 1.45. The molecule has 3 rings (SSSR count). The Morgan fingerprint density at radius 2 is 2.24 bits per heavy atom. The van der Waals surface area contributed by atoms with E-state index in [-0.39, 0.29) is 5.75 Å². The average molecular weight is 357 g/mol. The topological polar surface area (TPSA) is 82.2 Å². The van der Waals surface area contributed by atoms with Crippen LogP contribution in [0.25, 0.3) is 4.96 Å². The summed E-state index contributed by atoms with van der Waals surface area (Å²) in [6.45, 7) is 5.85. The number of aromatic nitrogens is 2. The van der Waals surface area contributed by atoms with Gasteiger partial charge in [-0.1, -0.05) is 0 Å². The second-order valence-electron chi connectivity index (χ2n) is 5.33. The Kier molecular flexibility index (Phi) is 4.99. The van der Waals surface area contributed by atoms with Gasteiger partial charge in [0, 0.05) is 48.2 Å². The van der Waals surface area contributed by atoms with Crippen molar-refractivity contribution in [1.29, 1.82) is 0 Å². The highest BCUT2D eigenvalue weighted by Gasteiger charge is 2.10. The molecule has 0 radical (unpaired) electrons. The van der Waals surface area contributed by atoms with Crippen molar-refractivity contribution in [3.8, 4) is 5.75 Å². The molecule has 0 unspecified atom stereocenters. The number of phenols is 1. The molecule has 0 aliphatic rings. The Hall–Kier alpha value is -2.87. The molecule has 8 heteroatoms. The van der Waals surface area contributed by atoms with E-state index in [0.29, 0.717) is 11.3 Å². The standard InChI is InChI=1S/C17H19N5O2S/c1-3-21(4-2)13-6-5-12(15(23)9-13)10-18-20-16(24)14-11-22-7-8-25-17(22)19-14/h5-11,23H,3-4H2,1-2H3,(H,20,24)/b18-10+. The molecule has 2 aromatic heterocycles. The van der Waals surface area contributed by atoms with E-state index in [1.165, 1.54) is 17.6 Å². The highest BCUT2D eigenvalue weighted by Crippen LogP contribution is 2.23. The van der Waals surface area contributed by atoms with Gasteiger partial charge in [0.15, 0.2) is 4.96 Å². The van der Waals surface area contributed by atoms with Crippen LogP contribution >= 0.6 is 11.3 Å². The lowest BCUT2D eigenvalue weighted by molar-refractivity contribution is 0.0951. The number of nitrogens with one attached hydrogen (secondary N) is 1. The fourth-order valence-corrected chi connectivity index (χ4v) is 3.18. The predicted molar refractivity (Wildman–Crippen MR) is 99.8 cm³/mol. The molecule has 1 amide bonds. The van der Waals surface area contributed by atoms with Gasteiger partial charge in [0.2, 0.25) is 0 Å². The van der Waals surface area contributed by atoms with Gasteiger partial charge in [-0.3, -0.25) is 9.20 Å². The van der Waals surface area contributed by atoms with Crippen LogP contribution in [0.5, 0.6) is 5.75 Å². The first-order valence-corrected chi connectivity index (χ1v) is 8.84. The smallest absolute Gasteiger partial charge is 0.291 e. The quantitative estimate of drug-likeness (QED) is 0.525. The van der Waals surface area contributed by atoms with Gasteiger partial charge in [-0.05, 0) is 26.0 Å². The minimum Gasteiger partial charge on any atom is -0.507 e. The lowest BCUT2D eigenvalue weighted by Gasteiger charge is -2.21. The van der Waals surface area contributed by atoms with Gasteiger partial charge in [0.1, 0.15) is 11.4 Å². The van der Waals surface area contributed by atoms with Crippen LogP contribution in [0.15, 0.2) is 41.1 Å². The van der Waals surface area contributed by atoms with E-state index in [2.05, 4.69) is 34.3 Å². The SMILES string of the molecule is CCN(CC)c1ccc(/C=N/NC(=O)c2cn3ccsc3n2)c(O)c1. The molecule has 2 heterocycles. The fraction of sp³-hybridized carbons (Fsp3) is 0.235. The minimum absolute atomic E-state index is 0.116. The van der Waals surface area contributed by atoms with Crippen LogP contribution in [0.4, 0.5) is 5.69 Å². The Morgan fingerprint density at radius 1 is 1.44 bits per heavy atom. The molecule has 0 bridgehead atoms. The third kappa shape index (κ3) is 3.63. The van der Waals surface area contributed by atoms with Crippen LogP contribution in [0.3, 0.4) is 0 Å².